The van der Waals surface area contributed by atoms with Crippen molar-refractivity contribution >= 4 is 39.4 Å². The number of rotatable bonds is 6. The van der Waals surface area contributed by atoms with Crippen molar-refractivity contribution in [3.63, 3.8) is 0 Å². The average molecular weight is 440 g/mol. The summed E-state index contributed by atoms with van der Waals surface area (Å²) in [6, 6.07) is 5.38. The number of thiophene rings is 1. The maximum absolute atomic E-state index is 12.2. The van der Waals surface area contributed by atoms with Gasteiger partial charge in [0, 0.05) is 11.0 Å². The molecule has 3 aromatic rings. The molecule has 0 atom stereocenters. The van der Waals surface area contributed by atoms with Crippen molar-refractivity contribution in [3.05, 3.63) is 46.1 Å². The number of nitrogens with zero attached hydrogens (tertiary/aromatic N) is 2. The van der Waals surface area contributed by atoms with E-state index in [4.69, 9.17) is 19.9 Å². The monoisotopic (exact) mass is 439 g/mol. The second-order valence-corrected chi connectivity index (χ2v) is 8.41. The van der Waals surface area contributed by atoms with Gasteiger partial charge in [0.2, 0.25) is 0 Å². The van der Waals surface area contributed by atoms with Crippen LogP contribution in [0.3, 0.4) is 0 Å². The molecule has 8 heteroatoms. The van der Waals surface area contributed by atoms with E-state index in [1.807, 2.05) is 6.07 Å². The molecule has 0 aliphatic heterocycles. The molecule has 1 aliphatic rings. The normalized spacial score (nSPS) is 13.7. The van der Waals surface area contributed by atoms with Crippen molar-refractivity contribution in [1.82, 2.24) is 9.97 Å². The number of anilines is 1. The van der Waals surface area contributed by atoms with Crippen LogP contribution in [0.25, 0.3) is 16.3 Å². The van der Waals surface area contributed by atoms with Gasteiger partial charge in [-0.2, -0.15) is 0 Å². The molecule has 1 aliphatic carbocycles. The Bertz CT molecular complexity index is 1140. The summed E-state index contributed by atoms with van der Waals surface area (Å²) in [5, 5.41) is 0.977. The van der Waals surface area contributed by atoms with Crippen LogP contribution in [-0.2, 0) is 29.0 Å². The van der Waals surface area contributed by atoms with Gasteiger partial charge < -0.3 is 19.9 Å². The number of hydrogen-bond donors (Lipinski definition) is 1. The lowest BCUT2D eigenvalue weighted by Crippen LogP contribution is -2.06. The fraction of sp³-hybridized carbons (Fsp3) is 0.348. The second kappa shape index (κ2) is 9.34. The molecule has 0 unspecified atom stereocenters. The number of ether oxygens (including phenoxy) is 3. The lowest BCUT2D eigenvalue weighted by atomic mass is 10.1. The minimum atomic E-state index is -0.487. The number of nitrogen functional groups attached to an aromatic ring is 1. The summed E-state index contributed by atoms with van der Waals surface area (Å²) in [7, 11) is 3.14. The van der Waals surface area contributed by atoms with E-state index in [0.29, 0.717) is 23.1 Å². The van der Waals surface area contributed by atoms with E-state index in [9.17, 15) is 4.79 Å². The highest BCUT2D eigenvalue weighted by Gasteiger charge is 2.19. The molecule has 0 amide bonds. The van der Waals surface area contributed by atoms with Crippen molar-refractivity contribution in [2.45, 2.75) is 38.7 Å². The molecule has 1 aromatic carbocycles. The number of aromatic nitrogens is 2. The minimum Gasteiger partial charge on any atom is -0.493 e. The summed E-state index contributed by atoms with van der Waals surface area (Å²) in [4.78, 5) is 23.4. The number of fused-ring (bicyclic) bond motifs is 3. The van der Waals surface area contributed by atoms with Crippen LogP contribution in [0.2, 0.25) is 0 Å². The largest absolute Gasteiger partial charge is 0.493 e. The fourth-order valence-electron chi connectivity index (χ4n) is 3.78. The third-order valence-electron chi connectivity index (χ3n) is 5.30. The number of carbonyl (C=O) groups excluding carboxylic acids is 1. The smallest absolute Gasteiger partial charge is 0.331 e. The SMILES string of the molecule is COc1ccc(/C=C/C(=O)OCc2nc(N)c3c4c(sc3n2)CCCCC4)cc1OC. The molecule has 2 aromatic heterocycles. The number of esters is 1. The van der Waals surface area contributed by atoms with Gasteiger partial charge >= 0.3 is 5.97 Å². The molecule has 162 valence electrons. The fourth-order valence-corrected chi connectivity index (χ4v) is 5.07. The summed E-state index contributed by atoms with van der Waals surface area (Å²) in [6.45, 7) is -0.0299. The highest BCUT2D eigenvalue weighted by atomic mass is 32.1. The van der Waals surface area contributed by atoms with Gasteiger partial charge in [0.05, 0.1) is 19.6 Å². The van der Waals surface area contributed by atoms with Crippen molar-refractivity contribution in [3.8, 4) is 11.5 Å². The highest BCUT2D eigenvalue weighted by molar-refractivity contribution is 7.19. The zero-order chi connectivity index (χ0) is 21.8. The van der Waals surface area contributed by atoms with Gasteiger partial charge in [-0.05, 0) is 55.0 Å². The summed E-state index contributed by atoms with van der Waals surface area (Å²) >= 11 is 1.68. The van der Waals surface area contributed by atoms with Gasteiger partial charge in [-0.25, -0.2) is 14.8 Å². The summed E-state index contributed by atoms with van der Waals surface area (Å²) < 4.78 is 15.8. The van der Waals surface area contributed by atoms with Crippen LogP contribution in [0, 0.1) is 0 Å². The first-order chi connectivity index (χ1) is 15.1. The molecule has 0 fully saturated rings. The molecule has 0 bridgehead atoms. The standard InChI is InChI=1S/C23H25N3O4S/c1-28-16-10-8-14(12-17(16)29-2)9-11-20(27)30-13-19-25-22(24)21-15-6-4-3-5-7-18(15)31-23(21)26-19/h8-12H,3-7,13H2,1-2H3,(H2,24,25,26)/b11-9+. The molecular formula is C23H25N3O4S. The Kier molecular flexibility index (Phi) is 6.36. The Hall–Kier alpha value is -3.13. The van der Waals surface area contributed by atoms with Crippen LogP contribution in [-0.4, -0.2) is 30.2 Å². The zero-order valence-electron chi connectivity index (χ0n) is 17.6. The van der Waals surface area contributed by atoms with Gasteiger partial charge in [-0.3, -0.25) is 0 Å². The average Bonchev–Trinajstić information content (AvgIpc) is 2.97. The van der Waals surface area contributed by atoms with Gasteiger partial charge in [0.25, 0.3) is 0 Å². The first-order valence-electron chi connectivity index (χ1n) is 10.2. The van der Waals surface area contributed by atoms with E-state index in [-0.39, 0.29) is 6.61 Å². The van der Waals surface area contributed by atoms with Gasteiger partial charge in [0.15, 0.2) is 23.9 Å². The maximum Gasteiger partial charge on any atom is 0.331 e. The lowest BCUT2D eigenvalue weighted by molar-refractivity contribution is -0.139. The summed E-state index contributed by atoms with van der Waals surface area (Å²) in [5.74, 6) is 1.60. The number of hydrogen-bond acceptors (Lipinski definition) is 8. The molecule has 31 heavy (non-hydrogen) atoms. The van der Waals surface area contributed by atoms with Crippen molar-refractivity contribution in [1.29, 1.82) is 0 Å². The van der Waals surface area contributed by atoms with Crippen LogP contribution >= 0.6 is 11.3 Å². The third-order valence-corrected chi connectivity index (χ3v) is 6.49. The van der Waals surface area contributed by atoms with Gasteiger partial charge in [-0.15, -0.1) is 11.3 Å². The second-order valence-electron chi connectivity index (χ2n) is 7.33. The Labute approximate surface area is 184 Å². The predicted octanol–water partition coefficient (Wildman–Crippen LogP) is 4.32. The Morgan fingerprint density at radius 2 is 1.94 bits per heavy atom. The van der Waals surface area contributed by atoms with E-state index < -0.39 is 5.97 Å². The molecule has 4 rings (SSSR count). The number of aryl methyl sites for hydroxylation is 2. The number of methoxy groups -OCH3 is 2. The quantitative estimate of drug-likeness (QED) is 0.347. The molecule has 7 nitrogen and oxygen atoms in total. The van der Waals surface area contributed by atoms with Crippen LogP contribution in [0.4, 0.5) is 5.82 Å². The van der Waals surface area contributed by atoms with E-state index in [2.05, 4.69) is 9.97 Å². The Morgan fingerprint density at radius 3 is 2.74 bits per heavy atom. The molecule has 0 saturated carbocycles. The minimum absolute atomic E-state index is 0.0299. The van der Waals surface area contributed by atoms with Crippen LogP contribution < -0.4 is 15.2 Å². The third kappa shape index (κ3) is 4.64. The number of nitrogens with two attached hydrogens (primary N) is 1. The molecule has 0 spiro atoms. The Balaban J connectivity index is 1.44. The molecule has 0 saturated heterocycles. The van der Waals surface area contributed by atoms with Gasteiger partial charge in [0.1, 0.15) is 10.6 Å². The number of benzene rings is 1. The molecule has 2 heterocycles. The number of carbonyl (C=O) groups is 1. The van der Waals surface area contributed by atoms with Gasteiger partial charge in [-0.1, -0.05) is 12.5 Å². The van der Waals surface area contributed by atoms with Crippen LogP contribution in [0.15, 0.2) is 24.3 Å². The molecule has 2 N–H and O–H groups in total. The van der Waals surface area contributed by atoms with Crippen molar-refractivity contribution in [2.24, 2.45) is 0 Å². The van der Waals surface area contributed by atoms with E-state index in [1.165, 1.54) is 35.8 Å². The molecular weight excluding hydrogens is 414 g/mol. The summed E-state index contributed by atoms with van der Waals surface area (Å²) in [5.41, 5.74) is 8.34. The van der Waals surface area contributed by atoms with E-state index in [0.717, 1.165) is 28.6 Å². The maximum atomic E-state index is 12.2. The lowest BCUT2D eigenvalue weighted by Gasteiger charge is -2.07. The first kappa shape index (κ1) is 21.1. The predicted molar refractivity (Wildman–Crippen MR) is 121 cm³/mol. The first-order valence-corrected chi connectivity index (χ1v) is 11.0. The van der Waals surface area contributed by atoms with Crippen molar-refractivity contribution < 1.29 is 19.0 Å². The molecule has 0 radical (unpaired) electrons. The zero-order valence-corrected chi connectivity index (χ0v) is 18.5. The van der Waals surface area contributed by atoms with E-state index in [1.54, 1.807) is 43.8 Å². The summed E-state index contributed by atoms with van der Waals surface area (Å²) in [6.07, 6.45) is 8.72. The van der Waals surface area contributed by atoms with Crippen molar-refractivity contribution in [2.75, 3.05) is 20.0 Å². The van der Waals surface area contributed by atoms with E-state index >= 15 is 0 Å². The Morgan fingerprint density at radius 1 is 1.13 bits per heavy atom. The highest BCUT2D eigenvalue weighted by Crippen LogP contribution is 2.37. The van der Waals surface area contributed by atoms with Crippen LogP contribution in [0.5, 0.6) is 11.5 Å². The topological polar surface area (TPSA) is 96.6 Å². The van der Waals surface area contributed by atoms with Crippen LogP contribution in [0.1, 0.15) is 41.1 Å².